The number of hydrogen-bond donors (Lipinski definition) is 2. The van der Waals surface area contributed by atoms with Crippen molar-refractivity contribution in [1.82, 2.24) is 0 Å². The van der Waals surface area contributed by atoms with Crippen LogP contribution >= 0.6 is 11.8 Å². The Morgan fingerprint density at radius 3 is 2.60 bits per heavy atom. The lowest BCUT2D eigenvalue weighted by Gasteiger charge is -2.36. The van der Waals surface area contributed by atoms with Crippen LogP contribution in [0.4, 0.5) is 10.5 Å². The second-order valence-corrected chi connectivity index (χ2v) is 9.21. The molecule has 3 aromatic rings. The van der Waals surface area contributed by atoms with Crippen LogP contribution in [0.2, 0.25) is 0 Å². The lowest BCUT2D eigenvalue weighted by Crippen LogP contribution is -2.31. The molecule has 0 spiro atoms. The Bertz CT molecular complexity index is 1110. The van der Waals surface area contributed by atoms with Crippen molar-refractivity contribution in [3.05, 3.63) is 108 Å². The van der Waals surface area contributed by atoms with Crippen molar-refractivity contribution in [3.8, 4) is 0 Å². The number of carbonyl (C=O) groups is 1. The zero-order valence-electron chi connectivity index (χ0n) is 19.3. The van der Waals surface area contributed by atoms with Crippen LogP contribution in [0.5, 0.6) is 0 Å². The third-order valence-electron chi connectivity index (χ3n) is 5.53. The van der Waals surface area contributed by atoms with Crippen LogP contribution in [0.25, 0.3) is 0 Å². The van der Waals surface area contributed by atoms with Gasteiger partial charge in [-0.15, -0.1) is 11.8 Å². The van der Waals surface area contributed by atoms with Crippen molar-refractivity contribution < 1.29 is 24.1 Å². The van der Waals surface area contributed by atoms with E-state index in [1.165, 1.54) is 11.0 Å². The van der Waals surface area contributed by atoms with E-state index in [1.807, 2.05) is 60.7 Å². The molecule has 1 aliphatic heterocycles. The summed E-state index contributed by atoms with van der Waals surface area (Å²) in [5.74, 6) is 0.779. The highest BCUT2D eigenvalue weighted by atomic mass is 32.2. The highest BCUT2D eigenvalue weighted by molar-refractivity contribution is 7.99. The Labute approximate surface area is 209 Å². The lowest BCUT2D eigenvalue weighted by molar-refractivity contribution is -0.245. The highest BCUT2D eigenvalue weighted by Gasteiger charge is 2.32. The van der Waals surface area contributed by atoms with Gasteiger partial charge in [-0.3, -0.25) is 5.32 Å². The average Bonchev–Trinajstić information content (AvgIpc) is 2.91. The van der Waals surface area contributed by atoms with Gasteiger partial charge in [0.2, 0.25) is 0 Å². The standard InChI is InChI=1S/C28H29NO5S/c1-2-15-32-28(31)29-23-8-6-7-22(16-23)27-33-24(19-35-25-9-4-3-5-10-25)17-26(34-27)21-13-11-20(18-30)12-14-21/h2-14,16,24,26-27,30H,1,15,17-19H2,(H,29,31)/t24-,26+,27+/m0/s1. The van der Waals surface area contributed by atoms with Gasteiger partial charge in [0.25, 0.3) is 0 Å². The average molecular weight is 492 g/mol. The molecule has 4 rings (SSSR count). The molecule has 0 aliphatic carbocycles. The highest BCUT2D eigenvalue weighted by Crippen LogP contribution is 2.39. The number of benzene rings is 3. The number of carbonyl (C=O) groups excluding carboxylic acids is 1. The predicted molar refractivity (Wildman–Crippen MR) is 137 cm³/mol. The van der Waals surface area contributed by atoms with Crippen LogP contribution in [0.1, 0.15) is 35.5 Å². The van der Waals surface area contributed by atoms with Gasteiger partial charge < -0.3 is 19.3 Å². The summed E-state index contributed by atoms with van der Waals surface area (Å²) in [6.07, 6.45) is 0.860. The molecule has 6 nitrogen and oxygen atoms in total. The number of amides is 1. The first-order valence-electron chi connectivity index (χ1n) is 11.5. The van der Waals surface area contributed by atoms with Crippen LogP contribution in [0.3, 0.4) is 0 Å². The van der Waals surface area contributed by atoms with E-state index in [9.17, 15) is 9.90 Å². The number of ether oxygens (including phenoxy) is 3. The van der Waals surface area contributed by atoms with E-state index >= 15 is 0 Å². The maximum absolute atomic E-state index is 12.0. The molecule has 0 unspecified atom stereocenters. The van der Waals surface area contributed by atoms with Gasteiger partial charge in [-0.1, -0.05) is 67.3 Å². The summed E-state index contributed by atoms with van der Waals surface area (Å²) < 4.78 is 17.8. The molecule has 0 bridgehead atoms. The van der Waals surface area contributed by atoms with Crippen LogP contribution in [-0.2, 0) is 20.8 Å². The Hall–Kier alpha value is -3.10. The lowest BCUT2D eigenvalue weighted by atomic mass is 10.0. The molecule has 0 aromatic heterocycles. The van der Waals surface area contributed by atoms with E-state index < -0.39 is 12.4 Å². The summed E-state index contributed by atoms with van der Waals surface area (Å²) in [5.41, 5.74) is 3.29. The largest absolute Gasteiger partial charge is 0.445 e. The van der Waals surface area contributed by atoms with Crippen molar-refractivity contribution in [2.45, 2.75) is 36.4 Å². The molecule has 1 aliphatic rings. The smallest absolute Gasteiger partial charge is 0.411 e. The molecule has 0 saturated carbocycles. The minimum Gasteiger partial charge on any atom is -0.445 e. The molecular weight excluding hydrogens is 462 g/mol. The van der Waals surface area contributed by atoms with Gasteiger partial charge >= 0.3 is 6.09 Å². The minimum atomic E-state index is -0.599. The molecule has 182 valence electrons. The molecule has 0 radical (unpaired) electrons. The zero-order valence-corrected chi connectivity index (χ0v) is 20.2. The van der Waals surface area contributed by atoms with E-state index in [0.29, 0.717) is 12.1 Å². The fraction of sp³-hybridized carbons (Fsp3) is 0.250. The van der Waals surface area contributed by atoms with Crippen molar-refractivity contribution in [2.24, 2.45) is 0 Å². The number of hydrogen-bond acceptors (Lipinski definition) is 6. The molecule has 35 heavy (non-hydrogen) atoms. The Morgan fingerprint density at radius 1 is 1.06 bits per heavy atom. The first kappa shape index (κ1) is 25.0. The van der Waals surface area contributed by atoms with Gasteiger partial charge in [0.1, 0.15) is 6.61 Å². The quantitative estimate of drug-likeness (QED) is 0.272. The molecule has 3 aromatic carbocycles. The molecule has 1 heterocycles. The van der Waals surface area contributed by atoms with Gasteiger partial charge in [-0.2, -0.15) is 0 Å². The van der Waals surface area contributed by atoms with Gasteiger partial charge in [0.15, 0.2) is 6.29 Å². The fourth-order valence-corrected chi connectivity index (χ4v) is 4.72. The number of thioether (sulfide) groups is 1. The Kier molecular flexibility index (Phi) is 8.97. The minimum absolute atomic E-state index is 0.00288. The number of aliphatic hydroxyl groups is 1. The van der Waals surface area contributed by atoms with Gasteiger partial charge in [-0.25, -0.2) is 4.79 Å². The molecule has 1 amide bonds. The summed E-state index contributed by atoms with van der Waals surface area (Å²) >= 11 is 1.75. The fourth-order valence-electron chi connectivity index (χ4n) is 3.78. The Balaban J connectivity index is 1.51. The van der Waals surface area contributed by atoms with Gasteiger partial charge in [-0.05, 0) is 35.4 Å². The molecule has 2 N–H and O–H groups in total. The summed E-state index contributed by atoms with van der Waals surface area (Å²) in [5, 5.41) is 12.1. The van der Waals surface area contributed by atoms with Crippen LogP contribution < -0.4 is 5.32 Å². The summed E-state index contributed by atoms with van der Waals surface area (Å²) in [4.78, 5) is 13.1. The summed E-state index contributed by atoms with van der Waals surface area (Å²) in [7, 11) is 0. The van der Waals surface area contributed by atoms with E-state index in [4.69, 9.17) is 14.2 Å². The predicted octanol–water partition coefficient (Wildman–Crippen LogP) is 6.25. The van der Waals surface area contributed by atoms with Crippen LogP contribution in [-0.4, -0.2) is 29.7 Å². The van der Waals surface area contributed by atoms with Crippen molar-refractivity contribution in [2.75, 3.05) is 17.7 Å². The summed E-state index contributed by atoms with van der Waals surface area (Å²) in [6, 6.07) is 25.4. The first-order valence-corrected chi connectivity index (χ1v) is 12.5. The second kappa shape index (κ2) is 12.6. The zero-order chi connectivity index (χ0) is 24.5. The maximum Gasteiger partial charge on any atom is 0.411 e. The topological polar surface area (TPSA) is 77.0 Å². The molecule has 3 atom stereocenters. The van der Waals surface area contributed by atoms with Gasteiger partial charge in [0, 0.05) is 28.3 Å². The number of rotatable bonds is 9. The monoisotopic (exact) mass is 491 g/mol. The number of anilines is 1. The van der Waals surface area contributed by atoms with Crippen molar-refractivity contribution in [1.29, 1.82) is 0 Å². The summed E-state index contributed by atoms with van der Waals surface area (Å²) in [6.45, 7) is 3.69. The van der Waals surface area contributed by atoms with Crippen LogP contribution in [0, 0.1) is 0 Å². The van der Waals surface area contributed by atoms with E-state index in [-0.39, 0.29) is 25.4 Å². The molecule has 7 heteroatoms. The second-order valence-electron chi connectivity index (χ2n) is 8.11. The van der Waals surface area contributed by atoms with Crippen molar-refractivity contribution in [3.63, 3.8) is 0 Å². The van der Waals surface area contributed by atoms with Crippen molar-refractivity contribution >= 4 is 23.5 Å². The third kappa shape index (κ3) is 7.19. The molecule has 1 saturated heterocycles. The maximum atomic E-state index is 12.0. The first-order chi connectivity index (χ1) is 17.1. The van der Waals surface area contributed by atoms with Crippen LogP contribution in [0.15, 0.2) is 96.4 Å². The third-order valence-corrected chi connectivity index (χ3v) is 6.68. The SMILES string of the molecule is C=CCOC(=O)Nc1cccc([C@@H]2O[C@H](CSc3ccccc3)C[C@H](c3ccc(CO)cc3)O2)c1. The van der Waals surface area contributed by atoms with E-state index in [1.54, 1.807) is 17.8 Å². The van der Waals surface area contributed by atoms with Gasteiger partial charge in [0.05, 0.1) is 18.8 Å². The molecule has 1 fully saturated rings. The Morgan fingerprint density at radius 2 is 1.86 bits per heavy atom. The molecular formula is C28H29NO5S. The van der Waals surface area contributed by atoms with E-state index in [0.717, 1.165) is 22.4 Å². The number of aliphatic hydroxyl groups excluding tert-OH is 1. The number of nitrogens with one attached hydrogen (secondary N) is 1. The normalized spacial score (nSPS) is 19.6. The van der Waals surface area contributed by atoms with E-state index in [2.05, 4.69) is 24.0 Å².